The van der Waals surface area contributed by atoms with Crippen molar-refractivity contribution in [3.05, 3.63) is 34.7 Å². The van der Waals surface area contributed by atoms with Gasteiger partial charge in [-0.3, -0.25) is 9.59 Å². The summed E-state index contributed by atoms with van der Waals surface area (Å²) >= 11 is 0. The summed E-state index contributed by atoms with van der Waals surface area (Å²) < 4.78 is 1.45. The van der Waals surface area contributed by atoms with Crippen LogP contribution in [-0.4, -0.2) is 16.5 Å². The summed E-state index contributed by atoms with van der Waals surface area (Å²) in [6.45, 7) is 7.06. The maximum atomic E-state index is 12.1. The molecule has 1 aliphatic rings. The first-order chi connectivity index (χ1) is 10.4. The quantitative estimate of drug-likeness (QED) is 0.909. The zero-order valence-corrected chi connectivity index (χ0v) is 14.0. The molecule has 1 aromatic heterocycles. The number of pyridine rings is 1. The SMILES string of the molecule is CCC(C)(C)C1CCC(NC(=O)Cn2ccccc2=O)CC1. The molecule has 0 aliphatic heterocycles. The second-order valence-electron chi connectivity index (χ2n) is 7.12. The molecule has 22 heavy (non-hydrogen) atoms. The Balaban J connectivity index is 1.82. The van der Waals surface area contributed by atoms with Crippen molar-refractivity contribution in [3.8, 4) is 0 Å². The molecule has 2 rings (SSSR count). The smallest absolute Gasteiger partial charge is 0.250 e. The van der Waals surface area contributed by atoms with Crippen molar-refractivity contribution in [1.29, 1.82) is 0 Å². The molecular weight excluding hydrogens is 276 g/mol. The summed E-state index contributed by atoms with van der Waals surface area (Å²) in [7, 11) is 0. The minimum absolute atomic E-state index is 0.0634. The van der Waals surface area contributed by atoms with E-state index in [1.54, 1.807) is 18.3 Å². The third-order valence-electron chi connectivity index (χ3n) is 5.32. The molecule has 0 bridgehead atoms. The van der Waals surface area contributed by atoms with Crippen LogP contribution in [0.4, 0.5) is 0 Å². The molecule has 1 aliphatic carbocycles. The van der Waals surface area contributed by atoms with Gasteiger partial charge in [0, 0.05) is 18.3 Å². The lowest BCUT2D eigenvalue weighted by Gasteiger charge is -2.39. The summed E-state index contributed by atoms with van der Waals surface area (Å²) in [6.07, 6.45) is 7.30. The lowest BCUT2D eigenvalue weighted by atomic mass is 9.69. The molecular formula is C18H28N2O2. The topological polar surface area (TPSA) is 51.1 Å². The van der Waals surface area contributed by atoms with Crippen LogP contribution in [0.5, 0.6) is 0 Å². The fourth-order valence-corrected chi connectivity index (χ4v) is 3.33. The molecule has 1 aromatic rings. The predicted octanol–water partition coefficient (Wildman–Crippen LogP) is 2.96. The molecule has 1 N–H and O–H groups in total. The van der Waals surface area contributed by atoms with Crippen molar-refractivity contribution in [2.45, 2.75) is 65.5 Å². The number of rotatable bonds is 5. The van der Waals surface area contributed by atoms with Gasteiger partial charge < -0.3 is 9.88 Å². The maximum absolute atomic E-state index is 12.1. The molecule has 0 radical (unpaired) electrons. The van der Waals surface area contributed by atoms with Crippen molar-refractivity contribution < 1.29 is 4.79 Å². The van der Waals surface area contributed by atoms with E-state index in [-0.39, 0.29) is 24.1 Å². The molecule has 1 amide bonds. The number of aromatic nitrogens is 1. The zero-order valence-electron chi connectivity index (χ0n) is 14.0. The lowest BCUT2D eigenvalue weighted by Crippen LogP contribution is -2.42. The largest absolute Gasteiger partial charge is 0.352 e. The molecule has 4 nitrogen and oxygen atoms in total. The van der Waals surface area contributed by atoms with Crippen molar-refractivity contribution in [1.82, 2.24) is 9.88 Å². The van der Waals surface area contributed by atoms with E-state index < -0.39 is 0 Å². The van der Waals surface area contributed by atoms with Crippen molar-refractivity contribution >= 4 is 5.91 Å². The van der Waals surface area contributed by atoms with Crippen LogP contribution < -0.4 is 10.9 Å². The van der Waals surface area contributed by atoms with Crippen LogP contribution in [0.15, 0.2) is 29.2 Å². The van der Waals surface area contributed by atoms with E-state index in [1.807, 2.05) is 0 Å². The minimum atomic E-state index is -0.133. The highest BCUT2D eigenvalue weighted by Crippen LogP contribution is 2.40. The van der Waals surface area contributed by atoms with Gasteiger partial charge in [0.2, 0.25) is 5.91 Å². The Bertz CT molecular complexity index is 554. The highest BCUT2D eigenvalue weighted by molar-refractivity contribution is 5.76. The van der Waals surface area contributed by atoms with Gasteiger partial charge in [-0.2, -0.15) is 0 Å². The predicted molar refractivity (Wildman–Crippen MR) is 88.7 cm³/mol. The van der Waals surface area contributed by atoms with Crippen LogP contribution in [0.2, 0.25) is 0 Å². The molecule has 0 aromatic carbocycles. The van der Waals surface area contributed by atoms with Gasteiger partial charge in [0.1, 0.15) is 6.54 Å². The van der Waals surface area contributed by atoms with Crippen molar-refractivity contribution in [3.63, 3.8) is 0 Å². The third kappa shape index (κ3) is 4.21. The van der Waals surface area contributed by atoms with Crippen LogP contribution in [0, 0.1) is 11.3 Å². The highest BCUT2D eigenvalue weighted by Gasteiger charge is 2.32. The van der Waals surface area contributed by atoms with Crippen molar-refractivity contribution in [2.24, 2.45) is 11.3 Å². The number of carbonyl (C=O) groups is 1. The number of hydrogen-bond donors (Lipinski definition) is 1. The fourth-order valence-electron chi connectivity index (χ4n) is 3.33. The first-order valence-electron chi connectivity index (χ1n) is 8.37. The van der Waals surface area contributed by atoms with Gasteiger partial charge in [-0.15, -0.1) is 0 Å². The summed E-state index contributed by atoms with van der Waals surface area (Å²) in [5, 5.41) is 3.09. The van der Waals surface area contributed by atoms with E-state index in [4.69, 9.17) is 0 Å². The molecule has 1 fully saturated rings. The number of hydrogen-bond acceptors (Lipinski definition) is 2. The molecule has 1 heterocycles. The zero-order chi connectivity index (χ0) is 16.2. The molecule has 0 saturated heterocycles. The van der Waals surface area contributed by atoms with E-state index in [2.05, 4.69) is 26.1 Å². The van der Waals surface area contributed by atoms with Crippen LogP contribution >= 0.6 is 0 Å². The van der Waals surface area contributed by atoms with E-state index in [9.17, 15) is 9.59 Å². The maximum Gasteiger partial charge on any atom is 0.250 e. The van der Waals surface area contributed by atoms with Gasteiger partial charge in [0.25, 0.3) is 5.56 Å². The van der Waals surface area contributed by atoms with Crippen LogP contribution in [0.3, 0.4) is 0 Å². The fraction of sp³-hybridized carbons (Fsp3) is 0.667. The average Bonchev–Trinajstić information content (AvgIpc) is 2.50. The van der Waals surface area contributed by atoms with Crippen LogP contribution in [0.1, 0.15) is 52.9 Å². The number of amides is 1. The number of carbonyl (C=O) groups excluding carboxylic acids is 1. The normalized spacial score (nSPS) is 22.3. The molecule has 4 heteroatoms. The van der Waals surface area contributed by atoms with Gasteiger partial charge >= 0.3 is 0 Å². The Morgan fingerprint density at radius 1 is 1.27 bits per heavy atom. The van der Waals surface area contributed by atoms with Crippen LogP contribution in [-0.2, 0) is 11.3 Å². The molecule has 1 saturated carbocycles. The highest BCUT2D eigenvalue weighted by atomic mass is 16.2. The van der Waals surface area contributed by atoms with Crippen molar-refractivity contribution in [2.75, 3.05) is 0 Å². The van der Waals surface area contributed by atoms with Gasteiger partial charge in [0.05, 0.1) is 0 Å². The molecule has 0 atom stereocenters. The van der Waals surface area contributed by atoms with Crippen LogP contribution in [0.25, 0.3) is 0 Å². The Kier molecular flexibility index (Phi) is 5.43. The van der Waals surface area contributed by atoms with Gasteiger partial charge in [-0.25, -0.2) is 0 Å². The first-order valence-corrected chi connectivity index (χ1v) is 8.37. The standard InChI is InChI=1S/C18H28N2O2/c1-4-18(2,3)14-8-10-15(11-9-14)19-16(21)13-20-12-6-5-7-17(20)22/h5-7,12,14-15H,4,8-11,13H2,1-3H3,(H,19,21). The monoisotopic (exact) mass is 304 g/mol. The molecule has 0 spiro atoms. The summed E-state index contributed by atoms with van der Waals surface area (Å²) in [4.78, 5) is 23.7. The minimum Gasteiger partial charge on any atom is -0.352 e. The van der Waals surface area contributed by atoms with E-state index in [0.29, 0.717) is 5.41 Å². The second-order valence-corrected chi connectivity index (χ2v) is 7.12. The molecule has 0 unspecified atom stereocenters. The molecule has 122 valence electrons. The van der Waals surface area contributed by atoms with Gasteiger partial charge in [-0.1, -0.05) is 33.3 Å². The lowest BCUT2D eigenvalue weighted by molar-refractivity contribution is -0.122. The van der Waals surface area contributed by atoms with Gasteiger partial charge in [0.15, 0.2) is 0 Å². The number of nitrogens with zero attached hydrogens (tertiary/aromatic N) is 1. The summed E-state index contributed by atoms with van der Waals surface area (Å²) in [6, 6.07) is 5.20. The third-order valence-corrected chi connectivity index (χ3v) is 5.32. The first kappa shape index (κ1) is 16.8. The Hall–Kier alpha value is -1.58. The van der Waals surface area contributed by atoms with E-state index >= 15 is 0 Å². The van der Waals surface area contributed by atoms with E-state index in [1.165, 1.54) is 29.9 Å². The Morgan fingerprint density at radius 2 is 1.95 bits per heavy atom. The number of nitrogens with one attached hydrogen (secondary N) is 1. The summed E-state index contributed by atoms with van der Waals surface area (Å²) in [5.74, 6) is 0.689. The Labute approximate surface area is 132 Å². The second kappa shape index (κ2) is 7.12. The summed E-state index contributed by atoms with van der Waals surface area (Å²) in [5.41, 5.74) is 0.262. The average molecular weight is 304 g/mol. The van der Waals surface area contributed by atoms with Gasteiger partial charge in [-0.05, 0) is 43.1 Å². The Morgan fingerprint density at radius 3 is 2.55 bits per heavy atom. The van der Waals surface area contributed by atoms with E-state index in [0.717, 1.165) is 18.8 Å².